The quantitative estimate of drug-likeness (QED) is 0.467. The number of fused-ring (bicyclic) bond motifs is 5. The third-order valence-electron chi connectivity index (χ3n) is 11.0. The van der Waals surface area contributed by atoms with E-state index in [1.165, 1.54) is 83.5 Å². The highest BCUT2D eigenvalue weighted by Gasteiger charge is 2.60. The Morgan fingerprint density at radius 3 is 2.39 bits per heavy atom. The molecule has 0 aromatic carbocycles. The van der Waals surface area contributed by atoms with Crippen LogP contribution in [0.2, 0.25) is 0 Å². The lowest BCUT2D eigenvalue weighted by molar-refractivity contribution is -0.116. The molecule has 2 N–H and O–H groups in total. The molecule has 0 aliphatic heterocycles. The zero-order valence-corrected chi connectivity index (χ0v) is 19.5. The van der Waals surface area contributed by atoms with E-state index in [1.54, 1.807) is 6.42 Å². The Kier molecular flexibility index (Phi) is 6.24. The highest BCUT2D eigenvalue weighted by atomic mass is 14.7. The van der Waals surface area contributed by atoms with Crippen LogP contribution in [-0.2, 0) is 0 Å². The van der Waals surface area contributed by atoms with Gasteiger partial charge in [-0.2, -0.15) is 0 Å². The predicted octanol–water partition coefficient (Wildman–Crippen LogP) is 7.58. The summed E-state index contributed by atoms with van der Waals surface area (Å²) >= 11 is 0. The van der Waals surface area contributed by atoms with Crippen molar-refractivity contribution in [1.29, 1.82) is 0 Å². The van der Waals surface area contributed by atoms with Gasteiger partial charge in [0.2, 0.25) is 0 Å². The van der Waals surface area contributed by atoms with Gasteiger partial charge in [0.1, 0.15) is 0 Å². The fourth-order valence-electron chi connectivity index (χ4n) is 9.36. The van der Waals surface area contributed by atoms with Crippen LogP contribution in [0.4, 0.5) is 0 Å². The predicted molar refractivity (Wildman–Crippen MR) is 121 cm³/mol. The number of nitrogens with two attached hydrogens (primary N) is 1. The molecule has 0 heterocycles. The first-order valence-electron chi connectivity index (χ1n) is 13.2. The molecule has 4 aliphatic carbocycles. The summed E-state index contributed by atoms with van der Waals surface area (Å²) < 4.78 is 0. The third-order valence-corrected chi connectivity index (χ3v) is 11.0. The SMILES string of the molecule is CCCCCCC(C)C1CC[C@H]2[C@@H]3CCC4CC(N)CC[C@]4(C)[C@@H]3CC[C@]12C. The number of rotatable bonds is 6. The van der Waals surface area contributed by atoms with Gasteiger partial charge in [-0.15, -0.1) is 0 Å². The van der Waals surface area contributed by atoms with E-state index >= 15 is 0 Å². The minimum atomic E-state index is 0.493. The van der Waals surface area contributed by atoms with Gasteiger partial charge in [-0.1, -0.05) is 59.8 Å². The van der Waals surface area contributed by atoms with E-state index in [4.69, 9.17) is 5.73 Å². The number of unbranched alkanes of at least 4 members (excludes halogenated alkanes) is 3. The first-order valence-corrected chi connectivity index (χ1v) is 13.2. The van der Waals surface area contributed by atoms with E-state index in [9.17, 15) is 0 Å². The molecule has 1 heteroatoms. The zero-order valence-electron chi connectivity index (χ0n) is 19.5. The molecule has 0 saturated heterocycles. The Hall–Kier alpha value is -0.0400. The van der Waals surface area contributed by atoms with Crippen LogP contribution in [0.3, 0.4) is 0 Å². The summed E-state index contributed by atoms with van der Waals surface area (Å²) in [5, 5.41) is 0. The Labute approximate surface area is 176 Å². The van der Waals surface area contributed by atoms with Crippen molar-refractivity contribution in [2.75, 3.05) is 0 Å². The third kappa shape index (κ3) is 3.50. The molecule has 4 aliphatic rings. The molecule has 0 aromatic heterocycles. The standard InChI is InChI=1S/C27H49N/c1-5-6-7-8-9-19(2)23-12-13-24-22-11-10-20-18-21(28)14-16-26(20,3)25(22)15-17-27(23,24)4/h19-25H,5-18,28H2,1-4H3/t19?,20?,21?,22-,23?,24-,25+,26-,27+/m0/s1. The fraction of sp³-hybridized carbons (Fsp3) is 1.00. The molecular formula is C27H49N. The van der Waals surface area contributed by atoms with Crippen LogP contribution in [0.1, 0.15) is 118 Å². The molecule has 1 nitrogen and oxygen atoms in total. The molecule has 4 saturated carbocycles. The topological polar surface area (TPSA) is 26.0 Å². The average molecular weight is 388 g/mol. The van der Waals surface area contributed by atoms with E-state index in [0.29, 0.717) is 16.9 Å². The van der Waals surface area contributed by atoms with Crippen LogP contribution in [0.5, 0.6) is 0 Å². The lowest BCUT2D eigenvalue weighted by atomic mass is 9.44. The monoisotopic (exact) mass is 387 g/mol. The molecule has 4 rings (SSSR count). The zero-order chi connectivity index (χ0) is 19.9. The van der Waals surface area contributed by atoms with E-state index in [-0.39, 0.29) is 0 Å². The van der Waals surface area contributed by atoms with Gasteiger partial charge in [-0.05, 0) is 104 Å². The van der Waals surface area contributed by atoms with E-state index in [1.807, 2.05) is 0 Å². The van der Waals surface area contributed by atoms with Gasteiger partial charge in [0.05, 0.1) is 0 Å². The van der Waals surface area contributed by atoms with Crippen molar-refractivity contribution in [3.05, 3.63) is 0 Å². The maximum absolute atomic E-state index is 6.39. The molecule has 28 heavy (non-hydrogen) atoms. The number of hydrogen-bond donors (Lipinski definition) is 1. The van der Waals surface area contributed by atoms with Crippen molar-refractivity contribution in [2.24, 2.45) is 52.1 Å². The number of hydrogen-bond acceptors (Lipinski definition) is 1. The second-order valence-corrected chi connectivity index (χ2v) is 12.2. The van der Waals surface area contributed by atoms with Crippen LogP contribution in [-0.4, -0.2) is 6.04 Å². The molecule has 0 radical (unpaired) electrons. The highest BCUT2D eigenvalue weighted by Crippen LogP contribution is 2.68. The molecule has 4 unspecified atom stereocenters. The van der Waals surface area contributed by atoms with Crippen molar-refractivity contribution in [3.63, 3.8) is 0 Å². The summed E-state index contributed by atoms with van der Waals surface area (Å²) in [4.78, 5) is 0. The van der Waals surface area contributed by atoms with Gasteiger partial charge in [-0.3, -0.25) is 0 Å². The molecule has 162 valence electrons. The lowest BCUT2D eigenvalue weighted by Crippen LogP contribution is -2.54. The normalized spacial score (nSPS) is 49.2. The second kappa shape index (κ2) is 8.24. The summed E-state index contributed by atoms with van der Waals surface area (Å²) in [6, 6.07) is 0.493. The molecule has 0 bridgehead atoms. The average Bonchev–Trinajstić information content (AvgIpc) is 3.03. The van der Waals surface area contributed by atoms with Gasteiger partial charge < -0.3 is 5.73 Å². The molecule has 0 aromatic rings. The van der Waals surface area contributed by atoms with Crippen molar-refractivity contribution in [1.82, 2.24) is 0 Å². The minimum absolute atomic E-state index is 0.493. The second-order valence-electron chi connectivity index (χ2n) is 12.2. The molecule has 9 atom stereocenters. The van der Waals surface area contributed by atoms with Gasteiger partial charge in [0.15, 0.2) is 0 Å². The van der Waals surface area contributed by atoms with Crippen molar-refractivity contribution >= 4 is 0 Å². The van der Waals surface area contributed by atoms with Gasteiger partial charge in [0, 0.05) is 6.04 Å². The Bertz CT molecular complexity index is 528. The largest absolute Gasteiger partial charge is 0.328 e. The maximum atomic E-state index is 6.39. The van der Waals surface area contributed by atoms with E-state index < -0.39 is 0 Å². The summed E-state index contributed by atoms with van der Waals surface area (Å²) in [7, 11) is 0. The highest BCUT2D eigenvalue weighted by molar-refractivity contribution is 5.09. The smallest absolute Gasteiger partial charge is 0.00418 e. The molecular weight excluding hydrogens is 338 g/mol. The maximum Gasteiger partial charge on any atom is 0.00418 e. The van der Waals surface area contributed by atoms with Crippen LogP contribution in [0.15, 0.2) is 0 Å². The minimum Gasteiger partial charge on any atom is -0.328 e. The molecule has 4 fully saturated rings. The van der Waals surface area contributed by atoms with Gasteiger partial charge in [-0.25, -0.2) is 0 Å². The first-order chi connectivity index (χ1) is 13.4. The van der Waals surface area contributed by atoms with Crippen molar-refractivity contribution < 1.29 is 0 Å². The fourth-order valence-corrected chi connectivity index (χ4v) is 9.36. The van der Waals surface area contributed by atoms with E-state index in [2.05, 4.69) is 27.7 Å². The first kappa shape index (κ1) is 21.2. The van der Waals surface area contributed by atoms with Crippen LogP contribution < -0.4 is 5.73 Å². The Balaban J connectivity index is 1.45. The van der Waals surface area contributed by atoms with Gasteiger partial charge in [0.25, 0.3) is 0 Å². The summed E-state index contributed by atoms with van der Waals surface area (Å²) in [6.07, 6.45) is 20.4. The Morgan fingerprint density at radius 1 is 0.857 bits per heavy atom. The van der Waals surface area contributed by atoms with Crippen molar-refractivity contribution in [3.8, 4) is 0 Å². The lowest BCUT2D eigenvalue weighted by Gasteiger charge is -2.61. The Morgan fingerprint density at radius 2 is 1.61 bits per heavy atom. The van der Waals surface area contributed by atoms with Gasteiger partial charge >= 0.3 is 0 Å². The van der Waals surface area contributed by atoms with Crippen LogP contribution >= 0.6 is 0 Å². The van der Waals surface area contributed by atoms with Crippen molar-refractivity contribution in [2.45, 2.75) is 124 Å². The molecule has 0 amide bonds. The summed E-state index contributed by atoms with van der Waals surface area (Å²) in [6.45, 7) is 10.4. The molecule has 0 spiro atoms. The summed E-state index contributed by atoms with van der Waals surface area (Å²) in [5.41, 5.74) is 7.65. The van der Waals surface area contributed by atoms with Crippen LogP contribution in [0, 0.1) is 46.3 Å². The van der Waals surface area contributed by atoms with E-state index in [0.717, 1.165) is 35.5 Å². The van der Waals surface area contributed by atoms with Crippen LogP contribution in [0.25, 0.3) is 0 Å². The summed E-state index contributed by atoms with van der Waals surface area (Å²) in [5.74, 6) is 5.95.